The zero-order valence-electron chi connectivity index (χ0n) is 14.6. The number of aromatic nitrogens is 3. The average molecular weight is 416 g/mol. The van der Waals surface area contributed by atoms with Crippen molar-refractivity contribution in [1.29, 1.82) is 0 Å². The van der Waals surface area contributed by atoms with Crippen LogP contribution in [0.3, 0.4) is 0 Å². The summed E-state index contributed by atoms with van der Waals surface area (Å²) in [5, 5.41) is 3.25. The number of alkyl halides is 3. The summed E-state index contributed by atoms with van der Waals surface area (Å²) in [6, 6.07) is 1.58. The number of rotatable bonds is 4. The minimum absolute atomic E-state index is 0. The normalized spacial score (nSPS) is 12.2. The second-order valence-electron chi connectivity index (χ2n) is 6.01. The molecule has 0 spiro atoms. The Labute approximate surface area is 151 Å². The first-order valence-electron chi connectivity index (χ1n) is 7.26. The Hall–Kier alpha value is -2.28. The van der Waals surface area contributed by atoms with Crippen molar-refractivity contribution in [2.24, 2.45) is 0 Å². The summed E-state index contributed by atoms with van der Waals surface area (Å²) in [5.41, 5.74) is -0.606. The average Bonchev–Trinajstić information content (AvgIpc) is 2.90. The van der Waals surface area contributed by atoms with Crippen LogP contribution in [0.1, 0.15) is 31.2 Å². The van der Waals surface area contributed by atoms with Gasteiger partial charge in [-0.05, 0) is 23.6 Å². The van der Waals surface area contributed by atoms with Gasteiger partial charge in [0.15, 0.2) is 0 Å². The maximum Gasteiger partial charge on any atom is 0.453 e. The Balaban J connectivity index is 0.00000364. The molecule has 0 unspecified atom stereocenters. The minimum atomic E-state index is -4.88. The van der Waals surface area contributed by atoms with Crippen LogP contribution >= 0.6 is 0 Å². The fraction of sp³-hybridized carbons (Fsp3) is 0.429. The number of hydrogen-bond donors (Lipinski definition) is 1. The third-order valence-electron chi connectivity index (χ3n) is 3.45. The number of benzene rings is 1. The van der Waals surface area contributed by atoms with Crippen molar-refractivity contribution in [2.75, 3.05) is 19.0 Å². The molecule has 0 saturated heterocycles. The number of halogens is 5. The van der Waals surface area contributed by atoms with Crippen LogP contribution < -0.4 is 4.90 Å². The van der Waals surface area contributed by atoms with E-state index in [9.17, 15) is 30.5 Å². The molecule has 0 fully saturated rings. The van der Waals surface area contributed by atoms with E-state index in [1.165, 1.54) is 14.1 Å². The van der Waals surface area contributed by atoms with Gasteiger partial charge in [-0.15, -0.1) is 5.10 Å². The molecule has 0 atom stereocenters. The molecular weight excluding hydrogens is 399 g/mol. The molecule has 7 nitrogen and oxygen atoms in total. The first kappa shape index (κ1) is 22.8. The van der Waals surface area contributed by atoms with E-state index in [4.69, 9.17) is 0 Å². The predicted molar refractivity (Wildman–Crippen MR) is 87.1 cm³/mol. The topological polar surface area (TPSA) is 88.3 Å². The molecule has 0 radical (unpaired) electrons. The molecule has 1 N–H and O–H groups in total. The quantitative estimate of drug-likeness (QED) is 0.609. The van der Waals surface area contributed by atoms with Crippen molar-refractivity contribution in [3.8, 4) is 5.69 Å². The SMILES string of the molecule is CC(C)c1cc(F)c(-n2nc(C(F)(F)F)nc2N(C)C)cc1S(=O)(=O)O.F. The molecule has 0 saturated carbocycles. The maximum atomic E-state index is 14.5. The van der Waals surface area contributed by atoms with Gasteiger partial charge in [-0.3, -0.25) is 9.26 Å². The Morgan fingerprint density at radius 2 is 1.78 bits per heavy atom. The van der Waals surface area contributed by atoms with E-state index in [1.54, 1.807) is 13.8 Å². The first-order chi connectivity index (χ1) is 11.7. The zero-order chi connectivity index (χ0) is 20.0. The van der Waals surface area contributed by atoms with Gasteiger partial charge in [-0.2, -0.15) is 31.3 Å². The summed E-state index contributed by atoms with van der Waals surface area (Å²) in [4.78, 5) is 3.87. The Bertz CT molecular complexity index is 939. The van der Waals surface area contributed by atoms with E-state index in [0.717, 1.165) is 17.0 Å². The standard InChI is InChI=1S/C14H16F4N4O3S.FH/c1-7(2)8-5-9(15)10(6-11(8)26(23,24)25)22-13(21(3)4)19-12(20-22)14(16,17)18;/h5-7H,1-4H3,(H,23,24,25);1H. The van der Waals surface area contributed by atoms with Crippen LogP contribution in [0.5, 0.6) is 0 Å². The van der Waals surface area contributed by atoms with Gasteiger partial charge in [0, 0.05) is 14.1 Å². The zero-order valence-corrected chi connectivity index (χ0v) is 15.4. The van der Waals surface area contributed by atoms with Crippen molar-refractivity contribution in [3.63, 3.8) is 0 Å². The molecule has 0 aliphatic heterocycles. The molecule has 0 bridgehead atoms. The van der Waals surface area contributed by atoms with Gasteiger partial charge < -0.3 is 4.90 Å². The third kappa shape index (κ3) is 4.53. The van der Waals surface area contributed by atoms with Crippen molar-refractivity contribution in [2.45, 2.75) is 30.8 Å². The molecule has 0 amide bonds. The lowest BCUT2D eigenvalue weighted by atomic mass is 10.0. The van der Waals surface area contributed by atoms with Crippen LogP contribution in [0.2, 0.25) is 0 Å². The molecule has 0 aliphatic carbocycles. The van der Waals surface area contributed by atoms with Gasteiger partial charge in [0.05, 0.1) is 4.90 Å². The van der Waals surface area contributed by atoms with Crippen molar-refractivity contribution >= 4 is 16.1 Å². The first-order valence-corrected chi connectivity index (χ1v) is 8.70. The highest BCUT2D eigenvalue weighted by molar-refractivity contribution is 7.85. The second kappa shape index (κ2) is 7.38. The van der Waals surface area contributed by atoms with Crippen LogP contribution in [-0.2, 0) is 16.3 Å². The van der Waals surface area contributed by atoms with Gasteiger partial charge in [-0.25, -0.2) is 4.39 Å². The van der Waals surface area contributed by atoms with Crippen LogP contribution in [0, 0.1) is 5.82 Å². The highest BCUT2D eigenvalue weighted by Crippen LogP contribution is 2.32. The molecular formula is C14H17F5N4O3S. The second-order valence-corrected chi connectivity index (χ2v) is 7.40. The fourth-order valence-corrected chi connectivity index (χ4v) is 3.12. The van der Waals surface area contributed by atoms with Gasteiger partial charge in [0.1, 0.15) is 11.5 Å². The molecule has 2 aromatic rings. The molecule has 152 valence electrons. The smallest absolute Gasteiger partial charge is 0.347 e. The van der Waals surface area contributed by atoms with E-state index in [0.29, 0.717) is 4.68 Å². The van der Waals surface area contributed by atoms with Crippen LogP contribution in [-0.4, -0.2) is 41.8 Å². The molecule has 27 heavy (non-hydrogen) atoms. The Morgan fingerprint density at radius 3 is 2.19 bits per heavy atom. The van der Waals surface area contributed by atoms with Gasteiger partial charge in [-0.1, -0.05) is 13.8 Å². The van der Waals surface area contributed by atoms with Crippen molar-refractivity contribution in [3.05, 3.63) is 29.3 Å². The molecule has 2 rings (SSSR count). The van der Waals surface area contributed by atoms with Gasteiger partial charge in [0.2, 0.25) is 5.95 Å². The lowest BCUT2D eigenvalue weighted by molar-refractivity contribution is -0.144. The summed E-state index contributed by atoms with van der Waals surface area (Å²) in [6.45, 7) is 3.15. The number of hydrogen-bond acceptors (Lipinski definition) is 5. The van der Waals surface area contributed by atoms with Gasteiger partial charge in [0.25, 0.3) is 15.9 Å². The molecule has 1 heterocycles. The van der Waals surface area contributed by atoms with E-state index >= 15 is 0 Å². The molecule has 0 aliphatic rings. The van der Waals surface area contributed by atoms with E-state index in [2.05, 4.69) is 10.1 Å². The van der Waals surface area contributed by atoms with E-state index < -0.39 is 44.4 Å². The summed E-state index contributed by atoms with van der Waals surface area (Å²) in [6.07, 6.45) is -4.88. The third-order valence-corrected chi connectivity index (χ3v) is 4.36. The van der Waals surface area contributed by atoms with Crippen LogP contribution in [0.4, 0.5) is 28.2 Å². The largest absolute Gasteiger partial charge is 0.453 e. The lowest BCUT2D eigenvalue weighted by Gasteiger charge is -2.16. The molecule has 1 aromatic heterocycles. The monoisotopic (exact) mass is 416 g/mol. The summed E-state index contributed by atoms with van der Waals surface area (Å²) in [5.74, 6) is -3.36. The number of anilines is 1. The maximum absolute atomic E-state index is 14.5. The summed E-state index contributed by atoms with van der Waals surface area (Å²) in [7, 11) is -2.01. The minimum Gasteiger partial charge on any atom is -0.347 e. The van der Waals surface area contributed by atoms with Crippen molar-refractivity contribution < 1.29 is 35.2 Å². The number of nitrogens with zero attached hydrogens (tertiary/aromatic N) is 4. The lowest BCUT2D eigenvalue weighted by Crippen LogP contribution is -2.17. The molecule has 13 heteroatoms. The van der Waals surface area contributed by atoms with E-state index in [1.807, 2.05) is 0 Å². The Kier molecular flexibility index (Phi) is 6.22. The van der Waals surface area contributed by atoms with Crippen molar-refractivity contribution in [1.82, 2.24) is 14.8 Å². The van der Waals surface area contributed by atoms with Crippen LogP contribution in [0.15, 0.2) is 17.0 Å². The van der Waals surface area contributed by atoms with Crippen LogP contribution in [0.25, 0.3) is 5.69 Å². The highest BCUT2D eigenvalue weighted by Gasteiger charge is 2.38. The summed E-state index contributed by atoms with van der Waals surface area (Å²) < 4.78 is 86.5. The highest BCUT2D eigenvalue weighted by atomic mass is 32.2. The summed E-state index contributed by atoms with van der Waals surface area (Å²) >= 11 is 0. The van der Waals surface area contributed by atoms with E-state index in [-0.39, 0.29) is 16.2 Å². The predicted octanol–water partition coefficient (Wildman–Crippen LogP) is 3.01. The van der Waals surface area contributed by atoms with Gasteiger partial charge >= 0.3 is 6.18 Å². The fourth-order valence-electron chi connectivity index (χ4n) is 2.27. The Morgan fingerprint density at radius 1 is 1.22 bits per heavy atom. The molecule has 1 aromatic carbocycles.